The van der Waals surface area contributed by atoms with Crippen LogP contribution in [-0.4, -0.2) is 48.8 Å². The summed E-state index contributed by atoms with van der Waals surface area (Å²) in [5, 5.41) is 14.8. The molecule has 0 radical (unpaired) electrons. The van der Waals surface area contributed by atoms with Crippen LogP contribution in [0.5, 0.6) is 0 Å². The minimum atomic E-state index is 0.0133. The maximum Gasteiger partial charge on any atom is 0.221 e. The van der Waals surface area contributed by atoms with Gasteiger partial charge >= 0.3 is 0 Å². The molecular formula is C9H20N2O2S. The summed E-state index contributed by atoms with van der Waals surface area (Å²) in [4.78, 5) is 11.3. The standard InChI is InChI=1S/C9H20N2O2S/c1-7(8(6-12)14-3)11-9(13)4-5-10-2/h7-8,10,12H,4-6H2,1-3H3,(H,11,13). The first kappa shape index (κ1) is 13.7. The minimum absolute atomic E-state index is 0.0133. The van der Waals surface area contributed by atoms with Gasteiger partial charge in [0.2, 0.25) is 5.91 Å². The fourth-order valence-electron chi connectivity index (χ4n) is 1.09. The van der Waals surface area contributed by atoms with E-state index in [4.69, 9.17) is 5.11 Å². The predicted molar refractivity (Wildman–Crippen MR) is 60.5 cm³/mol. The van der Waals surface area contributed by atoms with E-state index >= 15 is 0 Å². The third kappa shape index (κ3) is 5.47. The van der Waals surface area contributed by atoms with E-state index in [0.717, 1.165) is 0 Å². The van der Waals surface area contributed by atoms with Gasteiger partial charge in [-0.1, -0.05) is 0 Å². The molecule has 2 unspecified atom stereocenters. The molecule has 0 aliphatic rings. The van der Waals surface area contributed by atoms with Crippen molar-refractivity contribution in [1.29, 1.82) is 0 Å². The highest BCUT2D eigenvalue weighted by atomic mass is 32.2. The van der Waals surface area contributed by atoms with E-state index in [2.05, 4.69) is 10.6 Å². The number of thioether (sulfide) groups is 1. The van der Waals surface area contributed by atoms with Crippen LogP contribution >= 0.6 is 11.8 Å². The Morgan fingerprint density at radius 1 is 1.57 bits per heavy atom. The third-order valence-electron chi connectivity index (χ3n) is 2.03. The summed E-state index contributed by atoms with van der Waals surface area (Å²) < 4.78 is 0. The summed E-state index contributed by atoms with van der Waals surface area (Å²) in [6.07, 6.45) is 2.41. The zero-order valence-electron chi connectivity index (χ0n) is 9.04. The van der Waals surface area contributed by atoms with Gasteiger partial charge < -0.3 is 15.7 Å². The molecule has 0 saturated heterocycles. The Morgan fingerprint density at radius 2 is 2.21 bits per heavy atom. The fraction of sp³-hybridized carbons (Fsp3) is 0.889. The molecule has 0 bridgehead atoms. The molecule has 0 aliphatic carbocycles. The molecule has 0 aromatic heterocycles. The molecule has 4 nitrogen and oxygen atoms in total. The van der Waals surface area contributed by atoms with Crippen LogP contribution in [0.15, 0.2) is 0 Å². The van der Waals surface area contributed by atoms with Crippen molar-refractivity contribution < 1.29 is 9.90 Å². The average Bonchev–Trinajstić information content (AvgIpc) is 2.16. The van der Waals surface area contributed by atoms with Crippen LogP contribution < -0.4 is 10.6 Å². The number of aliphatic hydroxyl groups excluding tert-OH is 1. The quantitative estimate of drug-likeness (QED) is 0.557. The normalized spacial score (nSPS) is 14.9. The molecule has 5 heteroatoms. The molecule has 0 aromatic rings. The summed E-state index contributed by atoms with van der Waals surface area (Å²) in [5.41, 5.74) is 0. The van der Waals surface area contributed by atoms with Gasteiger partial charge in [0, 0.05) is 24.3 Å². The molecule has 2 atom stereocenters. The number of amides is 1. The summed E-state index contributed by atoms with van der Waals surface area (Å²) in [7, 11) is 1.81. The lowest BCUT2D eigenvalue weighted by molar-refractivity contribution is -0.121. The zero-order chi connectivity index (χ0) is 11.0. The van der Waals surface area contributed by atoms with Crippen molar-refractivity contribution in [3.63, 3.8) is 0 Å². The highest BCUT2D eigenvalue weighted by Crippen LogP contribution is 2.09. The maximum atomic E-state index is 11.3. The zero-order valence-corrected chi connectivity index (χ0v) is 9.86. The van der Waals surface area contributed by atoms with Crippen molar-refractivity contribution >= 4 is 17.7 Å². The van der Waals surface area contributed by atoms with Gasteiger partial charge in [-0.3, -0.25) is 4.79 Å². The SMILES string of the molecule is CNCCC(=O)NC(C)C(CO)SC. The van der Waals surface area contributed by atoms with E-state index in [9.17, 15) is 4.79 Å². The van der Waals surface area contributed by atoms with Crippen LogP contribution in [0.2, 0.25) is 0 Å². The molecule has 0 rings (SSSR count). The van der Waals surface area contributed by atoms with Crippen molar-refractivity contribution in [2.24, 2.45) is 0 Å². The Morgan fingerprint density at radius 3 is 2.64 bits per heavy atom. The molecule has 0 aliphatic heterocycles. The second kappa shape index (κ2) is 8.08. The van der Waals surface area contributed by atoms with Crippen molar-refractivity contribution in [2.75, 3.05) is 26.5 Å². The average molecular weight is 220 g/mol. The molecule has 0 fully saturated rings. The lowest BCUT2D eigenvalue weighted by Crippen LogP contribution is -2.41. The molecule has 14 heavy (non-hydrogen) atoms. The molecular weight excluding hydrogens is 200 g/mol. The van der Waals surface area contributed by atoms with Gasteiger partial charge in [-0.2, -0.15) is 11.8 Å². The van der Waals surface area contributed by atoms with Crippen LogP contribution in [-0.2, 0) is 4.79 Å². The van der Waals surface area contributed by atoms with Crippen LogP contribution in [0.25, 0.3) is 0 Å². The van der Waals surface area contributed by atoms with Crippen LogP contribution in [0.1, 0.15) is 13.3 Å². The van der Waals surface area contributed by atoms with Gasteiger partial charge in [0.15, 0.2) is 0 Å². The van der Waals surface area contributed by atoms with E-state index < -0.39 is 0 Å². The van der Waals surface area contributed by atoms with Crippen molar-refractivity contribution in [1.82, 2.24) is 10.6 Å². The minimum Gasteiger partial charge on any atom is -0.395 e. The molecule has 1 amide bonds. The first-order valence-corrected chi connectivity index (χ1v) is 6.02. The molecule has 84 valence electrons. The van der Waals surface area contributed by atoms with Gasteiger partial charge in [-0.15, -0.1) is 0 Å². The molecule has 0 aromatic carbocycles. The molecule has 3 N–H and O–H groups in total. The maximum absolute atomic E-state index is 11.3. The highest BCUT2D eigenvalue weighted by molar-refractivity contribution is 7.99. The van der Waals surface area contributed by atoms with Gasteiger partial charge in [0.25, 0.3) is 0 Å². The Hall–Kier alpha value is -0.260. The fourth-order valence-corrected chi connectivity index (χ4v) is 1.72. The molecule has 0 heterocycles. The Kier molecular flexibility index (Phi) is 7.93. The van der Waals surface area contributed by atoms with Crippen LogP contribution in [0, 0.1) is 0 Å². The number of rotatable bonds is 7. The van der Waals surface area contributed by atoms with Gasteiger partial charge in [0.05, 0.1) is 6.61 Å². The largest absolute Gasteiger partial charge is 0.395 e. The van der Waals surface area contributed by atoms with Gasteiger partial charge in [-0.05, 0) is 20.2 Å². The summed E-state index contributed by atoms with van der Waals surface area (Å²) in [6, 6.07) is 0.0133. The Bertz CT molecular complexity index is 163. The number of carbonyl (C=O) groups excluding carboxylic acids is 1. The Balaban J connectivity index is 3.79. The Labute approximate surface area is 89.8 Å². The highest BCUT2D eigenvalue weighted by Gasteiger charge is 2.16. The second-order valence-electron chi connectivity index (χ2n) is 3.17. The molecule has 0 saturated carbocycles. The topological polar surface area (TPSA) is 61.4 Å². The second-order valence-corrected chi connectivity index (χ2v) is 4.24. The van der Waals surface area contributed by atoms with Crippen LogP contribution in [0.4, 0.5) is 0 Å². The molecule has 0 spiro atoms. The number of carbonyl (C=O) groups is 1. The number of hydrogen-bond acceptors (Lipinski definition) is 4. The smallest absolute Gasteiger partial charge is 0.221 e. The van der Waals surface area contributed by atoms with E-state index in [1.165, 1.54) is 0 Å². The van der Waals surface area contributed by atoms with Crippen molar-refractivity contribution in [2.45, 2.75) is 24.6 Å². The predicted octanol–water partition coefficient (Wildman–Crippen LogP) is -0.175. The first-order chi connectivity index (χ1) is 6.65. The summed E-state index contributed by atoms with van der Waals surface area (Å²) in [5.74, 6) is 0.0272. The van der Waals surface area contributed by atoms with Crippen molar-refractivity contribution in [3.05, 3.63) is 0 Å². The van der Waals surface area contributed by atoms with E-state index in [-0.39, 0.29) is 23.8 Å². The first-order valence-electron chi connectivity index (χ1n) is 4.73. The summed E-state index contributed by atoms with van der Waals surface area (Å²) >= 11 is 1.56. The van der Waals surface area contributed by atoms with Crippen LogP contribution in [0.3, 0.4) is 0 Å². The summed E-state index contributed by atoms with van der Waals surface area (Å²) in [6.45, 7) is 2.69. The number of nitrogens with one attached hydrogen (secondary N) is 2. The van der Waals surface area contributed by atoms with E-state index in [0.29, 0.717) is 13.0 Å². The number of aliphatic hydroxyl groups is 1. The lowest BCUT2D eigenvalue weighted by Gasteiger charge is -2.21. The van der Waals surface area contributed by atoms with E-state index in [1.54, 1.807) is 11.8 Å². The third-order valence-corrected chi connectivity index (χ3v) is 3.19. The van der Waals surface area contributed by atoms with Crippen molar-refractivity contribution in [3.8, 4) is 0 Å². The monoisotopic (exact) mass is 220 g/mol. The van der Waals surface area contributed by atoms with Gasteiger partial charge in [-0.25, -0.2) is 0 Å². The number of hydrogen-bond donors (Lipinski definition) is 3. The van der Waals surface area contributed by atoms with Gasteiger partial charge in [0.1, 0.15) is 0 Å². The lowest BCUT2D eigenvalue weighted by atomic mass is 10.2. The van der Waals surface area contributed by atoms with E-state index in [1.807, 2.05) is 20.2 Å².